The van der Waals surface area contributed by atoms with Crippen LogP contribution in [-0.4, -0.2) is 38.8 Å². The van der Waals surface area contributed by atoms with Gasteiger partial charge < -0.3 is 15.0 Å². The number of hydrogen-bond acceptors (Lipinski definition) is 2. The largest absolute Gasteiger partial charge is 0.370 e. The van der Waals surface area contributed by atoms with Crippen LogP contribution >= 0.6 is 0 Å². The molecule has 0 bridgehead atoms. The second-order valence-corrected chi connectivity index (χ2v) is 4.54. The molecule has 0 atom stereocenters. The van der Waals surface area contributed by atoms with Crippen LogP contribution in [0.5, 0.6) is 0 Å². The van der Waals surface area contributed by atoms with E-state index in [2.05, 4.69) is 5.32 Å². The van der Waals surface area contributed by atoms with Crippen LogP contribution < -0.4 is 10.2 Å². The van der Waals surface area contributed by atoms with E-state index in [4.69, 9.17) is 4.74 Å². The van der Waals surface area contributed by atoms with Crippen molar-refractivity contribution in [1.29, 1.82) is 0 Å². The van der Waals surface area contributed by atoms with Crippen LogP contribution in [0.3, 0.4) is 0 Å². The van der Waals surface area contributed by atoms with E-state index in [1.165, 1.54) is 11.0 Å². The first-order chi connectivity index (χ1) is 9.15. The van der Waals surface area contributed by atoms with Crippen molar-refractivity contribution in [1.82, 2.24) is 0 Å². The molecule has 0 unspecified atom stereocenters. The number of ether oxygens (including phenoxy) is 1. The molecule has 1 aromatic carbocycles. The Morgan fingerprint density at radius 2 is 2.00 bits per heavy atom. The molecule has 1 fully saturated rings. The lowest BCUT2D eigenvalue weighted by molar-refractivity contribution is -0.907. The molecular weight excluding hydrogens is 254 g/mol. The van der Waals surface area contributed by atoms with Gasteiger partial charge in [-0.05, 0) is 12.1 Å². The molecule has 2 N–H and O–H groups in total. The third-order valence-corrected chi connectivity index (χ3v) is 3.11. The summed E-state index contributed by atoms with van der Waals surface area (Å²) in [6.45, 7) is 3.97. The molecule has 0 aromatic heterocycles. The van der Waals surface area contributed by atoms with Crippen LogP contribution in [0.25, 0.3) is 0 Å². The van der Waals surface area contributed by atoms with E-state index in [0.717, 1.165) is 45.0 Å². The molecule has 2 rings (SSSR count). The highest BCUT2D eigenvalue weighted by Crippen LogP contribution is 2.12. The normalized spacial score (nSPS) is 16.3. The summed E-state index contributed by atoms with van der Waals surface area (Å²) < 4.78 is 30.9. The molecule has 4 nitrogen and oxygen atoms in total. The lowest BCUT2D eigenvalue weighted by Crippen LogP contribution is -3.14. The Morgan fingerprint density at radius 3 is 2.68 bits per heavy atom. The number of morpholine rings is 1. The van der Waals surface area contributed by atoms with E-state index in [1.807, 2.05) is 0 Å². The van der Waals surface area contributed by atoms with Crippen molar-refractivity contribution >= 4 is 11.6 Å². The standard InChI is InChI=1S/C13H16F2N2O2/c14-11-2-1-10(9-12(11)15)16-13(18)3-4-17-5-7-19-8-6-17/h1-2,9H,3-8H2,(H,16,18)/p+1. The molecule has 6 heteroatoms. The second-order valence-electron chi connectivity index (χ2n) is 4.54. The molecule has 1 saturated heterocycles. The number of halogens is 2. The van der Waals surface area contributed by atoms with Gasteiger partial charge in [0.25, 0.3) is 0 Å². The van der Waals surface area contributed by atoms with Crippen LogP contribution in [0.4, 0.5) is 14.5 Å². The van der Waals surface area contributed by atoms with Crippen molar-refractivity contribution < 1.29 is 23.2 Å². The Kier molecular flexibility index (Phi) is 4.81. The van der Waals surface area contributed by atoms with Crippen molar-refractivity contribution in [3.05, 3.63) is 29.8 Å². The van der Waals surface area contributed by atoms with Gasteiger partial charge >= 0.3 is 0 Å². The molecule has 1 aliphatic rings. The quantitative estimate of drug-likeness (QED) is 0.822. The number of rotatable bonds is 4. The molecule has 104 valence electrons. The molecular formula is C13H17F2N2O2+. The van der Waals surface area contributed by atoms with Gasteiger partial charge in [-0.2, -0.15) is 0 Å². The maximum atomic E-state index is 13.0. The summed E-state index contributed by atoms with van der Waals surface area (Å²) in [6.07, 6.45) is 0.355. The van der Waals surface area contributed by atoms with Gasteiger partial charge in [0.15, 0.2) is 11.6 Å². The summed E-state index contributed by atoms with van der Waals surface area (Å²) in [5.41, 5.74) is 0.279. The Labute approximate surface area is 110 Å². The third kappa shape index (κ3) is 4.25. The predicted octanol–water partition coefficient (Wildman–Crippen LogP) is 0.209. The lowest BCUT2D eigenvalue weighted by Gasteiger charge is -2.23. The van der Waals surface area contributed by atoms with Crippen LogP contribution in [-0.2, 0) is 9.53 Å². The highest BCUT2D eigenvalue weighted by Gasteiger charge is 2.15. The summed E-state index contributed by atoms with van der Waals surface area (Å²) in [5.74, 6) is -2.07. The molecule has 1 aromatic rings. The van der Waals surface area contributed by atoms with E-state index in [0.29, 0.717) is 6.42 Å². The number of quaternary nitrogens is 1. The van der Waals surface area contributed by atoms with Crippen molar-refractivity contribution in [2.75, 3.05) is 38.2 Å². The van der Waals surface area contributed by atoms with Crippen molar-refractivity contribution in [2.45, 2.75) is 6.42 Å². The fraction of sp³-hybridized carbons (Fsp3) is 0.462. The predicted molar refractivity (Wildman–Crippen MR) is 66.0 cm³/mol. The van der Waals surface area contributed by atoms with Crippen molar-refractivity contribution in [3.63, 3.8) is 0 Å². The van der Waals surface area contributed by atoms with Gasteiger partial charge in [-0.3, -0.25) is 4.79 Å². The molecule has 0 saturated carbocycles. The van der Waals surface area contributed by atoms with Crippen LogP contribution in [0.1, 0.15) is 6.42 Å². The molecule has 1 aliphatic heterocycles. The van der Waals surface area contributed by atoms with Gasteiger partial charge in [-0.25, -0.2) is 8.78 Å². The molecule has 0 radical (unpaired) electrons. The minimum atomic E-state index is -0.961. The zero-order valence-electron chi connectivity index (χ0n) is 10.5. The van der Waals surface area contributed by atoms with E-state index in [1.54, 1.807) is 0 Å². The summed E-state index contributed by atoms with van der Waals surface area (Å²) in [7, 11) is 0. The number of benzene rings is 1. The first-order valence-electron chi connectivity index (χ1n) is 6.31. The zero-order valence-corrected chi connectivity index (χ0v) is 10.5. The average Bonchev–Trinajstić information content (AvgIpc) is 2.42. The monoisotopic (exact) mass is 271 g/mol. The topological polar surface area (TPSA) is 42.8 Å². The van der Waals surface area contributed by atoms with Crippen molar-refractivity contribution in [2.24, 2.45) is 0 Å². The summed E-state index contributed by atoms with van der Waals surface area (Å²) in [6, 6.07) is 3.32. The molecule has 1 amide bonds. The second kappa shape index (κ2) is 6.58. The summed E-state index contributed by atoms with van der Waals surface area (Å²) in [4.78, 5) is 13.0. The van der Waals surface area contributed by atoms with Gasteiger partial charge in [0.05, 0.1) is 26.2 Å². The first-order valence-corrected chi connectivity index (χ1v) is 6.31. The Morgan fingerprint density at radius 1 is 1.26 bits per heavy atom. The summed E-state index contributed by atoms with van der Waals surface area (Å²) >= 11 is 0. The number of carbonyl (C=O) groups is 1. The first kappa shape index (κ1) is 13.9. The minimum absolute atomic E-state index is 0.190. The van der Waals surface area contributed by atoms with E-state index >= 15 is 0 Å². The molecule has 0 spiro atoms. The Hall–Kier alpha value is -1.53. The van der Waals surface area contributed by atoms with Crippen LogP contribution in [0.15, 0.2) is 18.2 Å². The molecule has 1 heterocycles. The lowest BCUT2D eigenvalue weighted by atomic mass is 10.2. The Balaban J connectivity index is 1.78. The number of hydrogen-bond donors (Lipinski definition) is 2. The number of carbonyl (C=O) groups excluding carboxylic acids is 1. The summed E-state index contributed by atoms with van der Waals surface area (Å²) in [5, 5.41) is 2.56. The molecule has 19 heavy (non-hydrogen) atoms. The highest BCUT2D eigenvalue weighted by atomic mass is 19.2. The van der Waals surface area contributed by atoms with Crippen LogP contribution in [0, 0.1) is 11.6 Å². The van der Waals surface area contributed by atoms with Gasteiger partial charge in [0, 0.05) is 11.8 Å². The zero-order chi connectivity index (χ0) is 13.7. The molecule has 0 aliphatic carbocycles. The van der Waals surface area contributed by atoms with Gasteiger partial charge in [-0.15, -0.1) is 0 Å². The average molecular weight is 271 g/mol. The van der Waals surface area contributed by atoms with E-state index in [-0.39, 0.29) is 11.6 Å². The van der Waals surface area contributed by atoms with Gasteiger partial charge in [0.1, 0.15) is 13.1 Å². The smallest absolute Gasteiger partial charge is 0.230 e. The van der Waals surface area contributed by atoms with E-state index in [9.17, 15) is 13.6 Å². The SMILES string of the molecule is O=C(CC[NH+]1CCOCC1)Nc1ccc(F)c(F)c1. The fourth-order valence-corrected chi connectivity index (χ4v) is 2.00. The highest BCUT2D eigenvalue weighted by molar-refractivity contribution is 5.90. The maximum Gasteiger partial charge on any atom is 0.230 e. The van der Waals surface area contributed by atoms with Crippen LogP contribution in [0.2, 0.25) is 0 Å². The van der Waals surface area contributed by atoms with Crippen molar-refractivity contribution in [3.8, 4) is 0 Å². The minimum Gasteiger partial charge on any atom is -0.370 e. The Bertz CT molecular complexity index is 448. The maximum absolute atomic E-state index is 13.0. The van der Waals surface area contributed by atoms with Gasteiger partial charge in [-0.1, -0.05) is 0 Å². The third-order valence-electron chi connectivity index (χ3n) is 3.11. The number of amides is 1. The number of anilines is 1. The number of nitrogens with one attached hydrogen (secondary N) is 2. The van der Waals surface area contributed by atoms with Gasteiger partial charge in [0.2, 0.25) is 5.91 Å². The van der Waals surface area contributed by atoms with E-state index < -0.39 is 11.6 Å². The fourth-order valence-electron chi connectivity index (χ4n) is 2.00.